The predicted molar refractivity (Wildman–Crippen MR) is 137 cm³/mol. The van der Waals surface area contributed by atoms with Gasteiger partial charge >= 0.3 is 0 Å². The molecule has 1 aliphatic carbocycles. The highest BCUT2D eigenvalue weighted by Crippen LogP contribution is 2.20. The Hall–Kier alpha value is -2.84. The maximum Gasteiger partial charge on any atom is 0.277 e. The number of aliphatic imine (C=N–C) groups is 1. The Morgan fingerprint density at radius 2 is 1.59 bits per heavy atom. The summed E-state index contributed by atoms with van der Waals surface area (Å²) in [6.07, 6.45) is 9.37. The molecule has 2 aliphatic heterocycles. The van der Waals surface area contributed by atoms with E-state index in [0.29, 0.717) is 29.2 Å². The van der Waals surface area contributed by atoms with E-state index in [-0.39, 0.29) is 5.91 Å². The maximum atomic E-state index is 12.8. The van der Waals surface area contributed by atoms with Crippen LogP contribution < -0.4 is 0 Å². The van der Waals surface area contributed by atoms with Gasteiger partial charge in [-0.15, -0.1) is 0 Å². The summed E-state index contributed by atoms with van der Waals surface area (Å²) in [6, 6.07) is 16.2. The zero-order valence-corrected chi connectivity index (χ0v) is 19.9. The maximum absolute atomic E-state index is 12.8. The molecule has 1 atom stereocenters. The van der Waals surface area contributed by atoms with Crippen LogP contribution in [0.25, 0.3) is 0 Å². The first-order valence-electron chi connectivity index (χ1n) is 11.7. The second-order valence-electron chi connectivity index (χ2n) is 8.97. The minimum Gasteiger partial charge on any atom is -0.302 e. The molecule has 0 bridgehead atoms. The first kappa shape index (κ1) is 22.9. The van der Waals surface area contributed by atoms with Gasteiger partial charge in [0.15, 0.2) is 9.99 Å². The van der Waals surface area contributed by atoms with Crippen LogP contribution in [0.3, 0.4) is 0 Å². The number of carbonyl (C=O) groups is 1. The average molecular weight is 476 g/mol. The van der Waals surface area contributed by atoms with Gasteiger partial charge in [-0.25, -0.2) is 13.5 Å². The molecular formula is C27H29N3O3S. The molecule has 0 spiro atoms. The van der Waals surface area contributed by atoms with Gasteiger partial charge in [-0.2, -0.15) is 0 Å². The standard InChI is InChI=1S/C27H29N3O3S/c31-27(28-25-11-13-26(14-12-25)34(32,33)30-16-3-4-17-30)23-9-7-21(8-10-23)19-29-18-15-22-5-1-2-6-24(22)20-29/h1-2,5-14H,3-4,15-20H2,(H,32,33). The van der Waals surface area contributed by atoms with Gasteiger partial charge in [0.25, 0.3) is 5.91 Å². The van der Waals surface area contributed by atoms with E-state index < -0.39 is 9.99 Å². The van der Waals surface area contributed by atoms with Crippen LogP contribution in [-0.2, 0) is 29.5 Å². The lowest BCUT2D eigenvalue weighted by Gasteiger charge is -2.28. The second-order valence-corrected chi connectivity index (χ2v) is 11.0. The summed E-state index contributed by atoms with van der Waals surface area (Å²) in [6.45, 7) is 4.07. The Labute approximate surface area is 201 Å². The number of benzene rings is 2. The van der Waals surface area contributed by atoms with Gasteiger partial charge in [-0.05, 0) is 72.4 Å². The molecule has 1 unspecified atom stereocenters. The monoisotopic (exact) mass is 475 g/mol. The van der Waals surface area contributed by atoms with Gasteiger partial charge in [-0.1, -0.05) is 36.4 Å². The van der Waals surface area contributed by atoms with Crippen molar-refractivity contribution in [3.05, 3.63) is 95.1 Å². The van der Waals surface area contributed by atoms with Gasteiger partial charge in [0.1, 0.15) is 0 Å². The first-order valence-corrected chi connectivity index (χ1v) is 13.2. The molecule has 1 saturated heterocycles. The van der Waals surface area contributed by atoms with E-state index in [1.54, 1.807) is 28.6 Å². The van der Waals surface area contributed by atoms with Crippen molar-refractivity contribution in [2.45, 2.75) is 32.4 Å². The number of hydrogen-bond donors (Lipinski definition) is 1. The fourth-order valence-electron chi connectivity index (χ4n) is 4.66. The van der Waals surface area contributed by atoms with Crippen molar-refractivity contribution in [2.24, 2.45) is 4.99 Å². The van der Waals surface area contributed by atoms with Crippen LogP contribution in [0.1, 0.15) is 39.9 Å². The van der Waals surface area contributed by atoms with Crippen molar-refractivity contribution in [1.29, 1.82) is 0 Å². The third-order valence-electron chi connectivity index (χ3n) is 6.61. The van der Waals surface area contributed by atoms with Gasteiger partial charge in [-0.3, -0.25) is 9.69 Å². The van der Waals surface area contributed by atoms with Gasteiger partial charge < -0.3 is 4.55 Å². The SMILES string of the molecule is O=C(N=C1C=CC(=S(=O)(O)N2CCCC2)C=C1)c1ccc(CN2CCc3ccccc3C2)cc1. The predicted octanol–water partition coefficient (Wildman–Crippen LogP) is 3.89. The molecule has 0 radical (unpaired) electrons. The first-order chi connectivity index (χ1) is 16.5. The minimum atomic E-state index is -3.22. The third-order valence-corrected chi connectivity index (χ3v) is 8.56. The van der Waals surface area contributed by atoms with Crippen LogP contribution >= 0.6 is 0 Å². The zero-order valence-electron chi connectivity index (χ0n) is 19.1. The molecule has 3 aliphatic rings. The number of rotatable bonds is 4. The molecule has 6 nitrogen and oxygen atoms in total. The third kappa shape index (κ3) is 4.98. The van der Waals surface area contributed by atoms with Crippen molar-refractivity contribution in [2.75, 3.05) is 19.6 Å². The zero-order chi connectivity index (χ0) is 23.5. The molecule has 176 valence electrons. The highest BCUT2D eigenvalue weighted by Gasteiger charge is 2.23. The molecule has 0 aromatic heterocycles. The molecule has 1 N–H and O–H groups in total. The van der Waals surface area contributed by atoms with E-state index in [0.717, 1.165) is 38.9 Å². The summed E-state index contributed by atoms with van der Waals surface area (Å²) < 4.78 is 24.9. The Morgan fingerprint density at radius 1 is 0.912 bits per heavy atom. The second kappa shape index (κ2) is 9.80. The van der Waals surface area contributed by atoms with Crippen LogP contribution in [0.15, 0.2) is 77.8 Å². The summed E-state index contributed by atoms with van der Waals surface area (Å²) in [5.74, 6) is -0.324. The Balaban J connectivity index is 1.22. The summed E-state index contributed by atoms with van der Waals surface area (Å²) in [7, 11) is -3.22. The average Bonchev–Trinajstić information content (AvgIpc) is 3.41. The van der Waals surface area contributed by atoms with Crippen molar-refractivity contribution in [1.82, 2.24) is 9.21 Å². The molecule has 2 aromatic carbocycles. The Kier molecular flexibility index (Phi) is 6.61. The van der Waals surface area contributed by atoms with Crippen molar-refractivity contribution >= 4 is 26.5 Å². The molecule has 5 rings (SSSR count). The number of carbonyl (C=O) groups excluding carboxylic acids is 1. The van der Waals surface area contributed by atoms with E-state index in [4.69, 9.17) is 0 Å². The van der Waals surface area contributed by atoms with Crippen LogP contribution in [-0.4, -0.2) is 54.1 Å². The number of hydrogen-bond acceptors (Lipinski definition) is 3. The Morgan fingerprint density at radius 3 is 2.29 bits per heavy atom. The van der Waals surface area contributed by atoms with Crippen molar-refractivity contribution < 1.29 is 13.6 Å². The lowest BCUT2D eigenvalue weighted by atomic mass is 9.99. The van der Waals surface area contributed by atoms with E-state index in [2.05, 4.69) is 34.2 Å². The summed E-state index contributed by atoms with van der Waals surface area (Å²) >= 11 is 0. The van der Waals surface area contributed by atoms with Crippen LogP contribution in [0, 0.1) is 0 Å². The highest BCUT2D eigenvalue weighted by atomic mass is 32.2. The Bertz CT molecular complexity index is 1280. The topological polar surface area (TPSA) is 73.2 Å². The van der Waals surface area contributed by atoms with E-state index in [1.165, 1.54) is 16.7 Å². The van der Waals surface area contributed by atoms with Gasteiger partial charge in [0, 0.05) is 38.3 Å². The summed E-state index contributed by atoms with van der Waals surface area (Å²) in [4.78, 5) is 19.6. The summed E-state index contributed by atoms with van der Waals surface area (Å²) in [5.41, 5.74) is 5.00. The molecular weight excluding hydrogens is 446 g/mol. The lowest BCUT2D eigenvalue weighted by Crippen LogP contribution is -2.32. The highest BCUT2D eigenvalue weighted by molar-refractivity contribution is 7.95. The molecule has 2 heterocycles. The normalized spacial score (nSPS) is 20.3. The quantitative estimate of drug-likeness (QED) is 0.681. The molecule has 0 saturated carbocycles. The van der Waals surface area contributed by atoms with E-state index in [1.807, 2.05) is 24.3 Å². The molecule has 1 amide bonds. The van der Waals surface area contributed by atoms with E-state index in [9.17, 15) is 13.6 Å². The van der Waals surface area contributed by atoms with Crippen molar-refractivity contribution in [3.63, 3.8) is 0 Å². The lowest BCUT2D eigenvalue weighted by molar-refractivity contribution is 0.100. The van der Waals surface area contributed by atoms with E-state index >= 15 is 0 Å². The number of nitrogens with zero attached hydrogens (tertiary/aromatic N) is 3. The fourth-order valence-corrected chi connectivity index (χ4v) is 6.21. The molecule has 2 aromatic rings. The van der Waals surface area contributed by atoms with Crippen LogP contribution in [0.4, 0.5) is 0 Å². The van der Waals surface area contributed by atoms with Gasteiger partial charge in [0.05, 0.1) is 10.6 Å². The van der Waals surface area contributed by atoms with Crippen LogP contribution in [0.2, 0.25) is 0 Å². The van der Waals surface area contributed by atoms with Crippen LogP contribution in [0.5, 0.6) is 0 Å². The fraction of sp³-hybridized carbons (Fsp3) is 0.296. The minimum absolute atomic E-state index is 0.324. The molecule has 1 fully saturated rings. The number of fused-ring (bicyclic) bond motifs is 1. The smallest absolute Gasteiger partial charge is 0.277 e. The number of amides is 1. The van der Waals surface area contributed by atoms with Crippen molar-refractivity contribution in [3.8, 4) is 0 Å². The largest absolute Gasteiger partial charge is 0.302 e. The molecule has 7 heteroatoms. The van der Waals surface area contributed by atoms with Gasteiger partial charge in [0.2, 0.25) is 0 Å². The molecule has 34 heavy (non-hydrogen) atoms. The summed E-state index contributed by atoms with van der Waals surface area (Å²) in [5, 5.41) is 0. The number of allylic oxidation sites excluding steroid dienone is 4.